The lowest BCUT2D eigenvalue weighted by Gasteiger charge is -2.04. The average Bonchev–Trinajstić information content (AvgIpc) is 2.42. The van der Waals surface area contributed by atoms with Gasteiger partial charge < -0.3 is 0 Å². The van der Waals surface area contributed by atoms with E-state index in [2.05, 4.69) is 0 Å². The van der Waals surface area contributed by atoms with Crippen molar-refractivity contribution in [3.63, 3.8) is 0 Å². The molecule has 0 aromatic heterocycles. The summed E-state index contributed by atoms with van der Waals surface area (Å²) in [5, 5.41) is 19.7. The maximum Gasteiger partial charge on any atom is 0.283 e. The van der Waals surface area contributed by atoms with E-state index in [4.69, 9.17) is 5.26 Å². The summed E-state index contributed by atoms with van der Waals surface area (Å²) in [6.45, 7) is 0. The second-order valence-corrected chi connectivity index (χ2v) is 4.84. The van der Waals surface area contributed by atoms with Gasteiger partial charge in [0.1, 0.15) is 0 Å². The minimum Gasteiger partial charge on any atom is -0.258 e. The van der Waals surface area contributed by atoms with E-state index in [1.807, 2.05) is 6.07 Å². The van der Waals surface area contributed by atoms with Crippen LogP contribution in [0.15, 0.2) is 46.2 Å². The Balaban J connectivity index is 2.43. The van der Waals surface area contributed by atoms with Gasteiger partial charge >= 0.3 is 0 Å². The molecule has 0 spiro atoms. The lowest BCUT2D eigenvalue weighted by Crippen LogP contribution is -1.92. The summed E-state index contributed by atoms with van der Waals surface area (Å²) in [6, 6.07) is 8.94. The molecule has 0 saturated carbocycles. The molecule has 7 heteroatoms. The molecule has 0 atom stereocenters. The lowest BCUT2D eigenvalue weighted by molar-refractivity contribution is -0.387. The highest BCUT2D eigenvalue weighted by atomic mass is 32.2. The zero-order chi connectivity index (χ0) is 14.7. The largest absolute Gasteiger partial charge is 0.283 e. The van der Waals surface area contributed by atoms with E-state index in [9.17, 15) is 18.9 Å². The molecular formula is C13H6F2N2O2S. The summed E-state index contributed by atoms with van der Waals surface area (Å²) >= 11 is 0.896. The SMILES string of the molecule is N#Cc1ccc([N+](=O)[O-])c(Sc2ccc(F)c(F)c2)c1. The van der Waals surface area contributed by atoms with Crippen LogP contribution >= 0.6 is 11.8 Å². The molecule has 20 heavy (non-hydrogen) atoms. The topological polar surface area (TPSA) is 66.9 Å². The molecule has 2 rings (SSSR count). The van der Waals surface area contributed by atoms with Gasteiger partial charge in [0.25, 0.3) is 5.69 Å². The fraction of sp³-hybridized carbons (Fsp3) is 0. The Morgan fingerprint density at radius 3 is 2.50 bits per heavy atom. The van der Waals surface area contributed by atoms with Gasteiger partial charge in [-0.05, 0) is 30.3 Å². The van der Waals surface area contributed by atoms with Crippen LogP contribution in [0.2, 0.25) is 0 Å². The summed E-state index contributed by atoms with van der Waals surface area (Å²) in [6.07, 6.45) is 0. The molecule has 4 nitrogen and oxygen atoms in total. The molecular weight excluding hydrogens is 286 g/mol. The third-order valence-electron chi connectivity index (χ3n) is 2.40. The highest BCUT2D eigenvalue weighted by molar-refractivity contribution is 7.99. The molecule has 0 fully saturated rings. The molecule has 0 aliphatic rings. The zero-order valence-electron chi connectivity index (χ0n) is 9.84. The van der Waals surface area contributed by atoms with Crippen LogP contribution in [0, 0.1) is 33.1 Å². The standard InChI is InChI=1S/C13H6F2N2O2S/c14-10-3-2-9(6-11(10)15)20-13-5-8(7-16)1-4-12(13)17(18)19/h1-6H. The normalized spacial score (nSPS) is 10.1. The van der Waals surface area contributed by atoms with Gasteiger partial charge in [-0.3, -0.25) is 10.1 Å². The van der Waals surface area contributed by atoms with E-state index >= 15 is 0 Å². The Kier molecular flexibility index (Phi) is 3.96. The number of nitriles is 1. The quantitative estimate of drug-likeness (QED) is 0.635. The third-order valence-corrected chi connectivity index (χ3v) is 3.44. The average molecular weight is 292 g/mol. The molecule has 100 valence electrons. The van der Waals surface area contributed by atoms with Crippen LogP contribution in [-0.4, -0.2) is 4.92 Å². The van der Waals surface area contributed by atoms with Gasteiger partial charge in [-0.2, -0.15) is 5.26 Å². The minimum absolute atomic E-state index is 0.194. The number of halogens is 2. The van der Waals surface area contributed by atoms with E-state index in [0.717, 1.165) is 23.9 Å². The Labute approximate surface area is 116 Å². The zero-order valence-corrected chi connectivity index (χ0v) is 10.7. The van der Waals surface area contributed by atoms with Crippen molar-refractivity contribution in [2.24, 2.45) is 0 Å². The Morgan fingerprint density at radius 1 is 1.15 bits per heavy atom. The lowest BCUT2D eigenvalue weighted by atomic mass is 10.2. The van der Waals surface area contributed by atoms with E-state index in [-0.39, 0.29) is 16.1 Å². The molecule has 0 radical (unpaired) electrons. The first-order valence-electron chi connectivity index (χ1n) is 5.32. The Bertz CT molecular complexity index is 729. The highest BCUT2D eigenvalue weighted by Crippen LogP contribution is 2.35. The first-order chi connectivity index (χ1) is 9.51. The second kappa shape index (κ2) is 5.67. The summed E-state index contributed by atoms with van der Waals surface area (Å²) in [5.41, 5.74) is 0.0550. The van der Waals surface area contributed by atoms with Crippen molar-refractivity contribution in [2.45, 2.75) is 9.79 Å². The van der Waals surface area contributed by atoms with Gasteiger partial charge in [0, 0.05) is 11.0 Å². The maximum absolute atomic E-state index is 13.1. The van der Waals surface area contributed by atoms with Gasteiger partial charge in [-0.1, -0.05) is 11.8 Å². The molecule has 0 aliphatic heterocycles. The first kappa shape index (κ1) is 14.0. The Morgan fingerprint density at radius 2 is 1.90 bits per heavy atom. The summed E-state index contributed by atoms with van der Waals surface area (Å²) < 4.78 is 25.9. The van der Waals surface area contributed by atoms with E-state index in [1.54, 1.807) is 0 Å². The monoisotopic (exact) mass is 292 g/mol. The third kappa shape index (κ3) is 2.92. The predicted molar refractivity (Wildman–Crippen MR) is 68.3 cm³/mol. The molecule has 0 N–H and O–H groups in total. The van der Waals surface area contributed by atoms with E-state index < -0.39 is 16.6 Å². The number of benzene rings is 2. The summed E-state index contributed by atoms with van der Waals surface area (Å²) in [5.74, 6) is -2.02. The molecule has 0 saturated heterocycles. The maximum atomic E-state index is 13.1. The van der Waals surface area contributed by atoms with Gasteiger partial charge in [0.2, 0.25) is 0 Å². The van der Waals surface area contributed by atoms with Gasteiger partial charge in [0.05, 0.1) is 21.5 Å². The van der Waals surface area contributed by atoms with Crippen LogP contribution in [0.5, 0.6) is 0 Å². The number of nitro groups is 1. The fourth-order valence-electron chi connectivity index (χ4n) is 1.48. The molecule has 0 aliphatic carbocycles. The van der Waals surface area contributed by atoms with Crippen molar-refractivity contribution in [2.75, 3.05) is 0 Å². The fourth-order valence-corrected chi connectivity index (χ4v) is 2.47. The van der Waals surface area contributed by atoms with Crippen molar-refractivity contribution in [3.8, 4) is 6.07 Å². The van der Waals surface area contributed by atoms with E-state index in [1.165, 1.54) is 24.3 Å². The Hall–Kier alpha value is -2.46. The number of hydrogen-bond acceptors (Lipinski definition) is 4. The van der Waals surface area contributed by atoms with Crippen molar-refractivity contribution in [1.29, 1.82) is 5.26 Å². The number of hydrogen-bond donors (Lipinski definition) is 0. The van der Waals surface area contributed by atoms with Crippen molar-refractivity contribution in [3.05, 3.63) is 63.7 Å². The van der Waals surface area contributed by atoms with Crippen LogP contribution in [0.25, 0.3) is 0 Å². The molecule has 2 aromatic carbocycles. The molecule has 0 bridgehead atoms. The molecule has 0 heterocycles. The molecule has 0 amide bonds. The van der Waals surface area contributed by atoms with Gasteiger partial charge in [-0.25, -0.2) is 8.78 Å². The van der Waals surface area contributed by atoms with Crippen LogP contribution in [0.1, 0.15) is 5.56 Å². The van der Waals surface area contributed by atoms with Crippen LogP contribution < -0.4 is 0 Å². The summed E-state index contributed by atoms with van der Waals surface area (Å²) in [7, 11) is 0. The van der Waals surface area contributed by atoms with Crippen molar-refractivity contribution in [1.82, 2.24) is 0 Å². The number of nitrogens with zero attached hydrogens (tertiary/aromatic N) is 2. The van der Waals surface area contributed by atoms with Crippen LogP contribution in [-0.2, 0) is 0 Å². The minimum atomic E-state index is -1.03. The predicted octanol–water partition coefficient (Wildman–Crippen LogP) is 3.90. The summed E-state index contributed by atoms with van der Waals surface area (Å²) in [4.78, 5) is 10.8. The van der Waals surface area contributed by atoms with Crippen molar-refractivity contribution < 1.29 is 13.7 Å². The van der Waals surface area contributed by atoms with E-state index in [0.29, 0.717) is 4.90 Å². The molecule has 2 aromatic rings. The second-order valence-electron chi connectivity index (χ2n) is 3.73. The first-order valence-corrected chi connectivity index (χ1v) is 6.14. The van der Waals surface area contributed by atoms with Crippen molar-refractivity contribution >= 4 is 17.4 Å². The highest BCUT2D eigenvalue weighted by Gasteiger charge is 2.16. The number of nitro benzene ring substituents is 1. The van der Waals surface area contributed by atoms with Crippen LogP contribution in [0.4, 0.5) is 14.5 Å². The van der Waals surface area contributed by atoms with Crippen LogP contribution in [0.3, 0.4) is 0 Å². The smallest absolute Gasteiger partial charge is 0.258 e. The van der Waals surface area contributed by atoms with Gasteiger partial charge in [0.15, 0.2) is 11.6 Å². The number of rotatable bonds is 3. The molecule has 0 unspecified atom stereocenters. The van der Waals surface area contributed by atoms with Gasteiger partial charge in [-0.15, -0.1) is 0 Å².